The van der Waals surface area contributed by atoms with Gasteiger partial charge in [-0.05, 0) is 49.8 Å². The van der Waals surface area contributed by atoms with Gasteiger partial charge in [-0.25, -0.2) is 4.99 Å². The molecule has 5 heteroatoms. The monoisotopic (exact) mass is 316 g/mol. The molecule has 0 heterocycles. The molecule has 126 valence electrons. The first-order chi connectivity index (χ1) is 11.2. The summed E-state index contributed by atoms with van der Waals surface area (Å²) >= 11 is 0. The van der Waals surface area contributed by atoms with Crippen molar-refractivity contribution in [3.63, 3.8) is 0 Å². The molecule has 0 saturated heterocycles. The summed E-state index contributed by atoms with van der Waals surface area (Å²) in [6, 6.07) is 7.68. The number of benzene rings is 1. The highest BCUT2D eigenvalue weighted by atomic mass is 16.1. The summed E-state index contributed by atoms with van der Waals surface area (Å²) in [5.41, 5.74) is 1.74. The molecule has 0 bridgehead atoms. The molecule has 2 rings (SSSR count). The van der Waals surface area contributed by atoms with Crippen molar-refractivity contribution in [1.29, 1.82) is 0 Å². The Morgan fingerprint density at radius 3 is 2.74 bits per heavy atom. The van der Waals surface area contributed by atoms with Crippen LogP contribution in [-0.4, -0.2) is 31.5 Å². The molecule has 0 aliphatic heterocycles. The van der Waals surface area contributed by atoms with Gasteiger partial charge in [-0.1, -0.05) is 19.1 Å². The van der Waals surface area contributed by atoms with Crippen LogP contribution in [-0.2, 0) is 6.54 Å². The van der Waals surface area contributed by atoms with Crippen LogP contribution in [0.4, 0.5) is 0 Å². The van der Waals surface area contributed by atoms with Gasteiger partial charge in [-0.15, -0.1) is 0 Å². The van der Waals surface area contributed by atoms with Crippen molar-refractivity contribution in [2.24, 2.45) is 10.9 Å². The Labute approximate surface area is 139 Å². The topological polar surface area (TPSA) is 65.5 Å². The molecule has 0 spiro atoms. The molecular formula is C18H28N4O. The largest absolute Gasteiger partial charge is 0.357 e. The van der Waals surface area contributed by atoms with E-state index >= 15 is 0 Å². The van der Waals surface area contributed by atoms with Crippen LogP contribution in [0, 0.1) is 5.92 Å². The number of nitrogens with zero attached hydrogens (tertiary/aromatic N) is 1. The van der Waals surface area contributed by atoms with E-state index in [9.17, 15) is 4.79 Å². The van der Waals surface area contributed by atoms with Crippen molar-refractivity contribution < 1.29 is 4.79 Å². The van der Waals surface area contributed by atoms with Gasteiger partial charge in [0.1, 0.15) is 0 Å². The fourth-order valence-corrected chi connectivity index (χ4v) is 2.23. The average Bonchev–Trinajstić information content (AvgIpc) is 3.40. The second-order valence-corrected chi connectivity index (χ2v) is 5.98. The Morgan fingerprint density at radius 2 is 2.04 bits per heavy atom. The molecule has 0 atom stereocenters. The van der Waals surface area contributed by atoms with Crippen molar-refractivity contribution in [3.8, 4) is 0 Å². The Morgan fingerprint density at radius 1 is 1.22 bits per heavy atom. The Kier molecular flexibility index (Phi) is 6.91. The van der Waals surface area contributed by atoms with Crippen LogP contribution in [0.1, 0.15) is 49.0 Å². The molecule has 1 aromatic rings. The van der Waals surface area contributed by atoms with E-state index < -0.39 is 0 Å². The zero-order valence-electron chi connectivity index (χ0n) is 14.2. The minimum Gasteiger partial charge on any atom is -0.357 e. The van der Waals surface area contributed by atoms with Gasteiger partial charge in [0.2, 0.25) is 0 Å². The van der Waals surface area contributed by atoms with Crippen molar-refractivity contribution in [3.05, 3.63) is 35.4 Å². The normalized spacial score (nSPS) is 14.4. The first-order valence-electron chi connectivity index (χ1n) is 8.62. The first-order valence-corrected chi connectivity index (χ1v) is 8.62. The highest BCUT2D eigenvalue weighted by Gasteiger charge is 2.21. The first kappa shape index (κ1) is 17.3. The highest BCUT2D eigenvalue weighted by Crippen LogP contribution is 2.27. The fraction of sp³-hybridized carbons (Fsp3) is 0.556. The lowest BCUT2D eigenvalue weighted by Crippen LogP contribution is -2.38. The van der Waals surface area contributed by atoms with E-state index in [2.05, 4.69) is 27.9 Å². The van der Waals surface area contributed by atoms with E-state index in [0.29, 0.717) is 18.7 Å². The van der Waals surface area contributed by atoms with E-state index in [1.54, 1.807) is 0 Å². The summed E-state index contributed by atoms with van der Waals surface area (Å²) in [7, 11) is 0. The van der Waals surface area contributed by atoms with Gasteiger partial charge in [-0.2, -0.15) is 0 Å². The van der Waals surface area contributed by atoms with Gasteiger partial charge < -0.3 is 16.0 Å². The summed E-state index contributed by atoms with van der Waals surface area (Å²) in [5.74, 6) is 1.64. The fourth-order valence-electron chi connectivity index (χ4n) is 2.23. The van der Waals surface area contributed by atoms with Crippen molar-refractivity contribution in [2.75, 3.05) is 19.6 Å². The van der Waals surface area contributed by atoms with Gasteiger partial charge >= 0.3 is 0 Å². The lowest BCUT2D eigenvalue weighted by atomic mass is 10.1. The van der Waals surface area contributed by atoms with Crippen LogP contribution in [0.2, 0.25) is 0 Å². The lowest BCUT2D eigenvalue weighted by molar-refractivity contribution is 0.0953. The molecule has 1 fully saturated rings. The van der Waals surface area contributed by atoms with Crippen molar-refractivity contribution >= 4 is 11.9 Å². The maximum atomic E-state index is 12.0. The highest BCUT2D eigenvalue weighted by molar-refractivity contribution is 5.94. The molecule has 1 aromatic carbocycles. The molecular weight excluding hydrogens is 288 g/mol. The molecule has 5 nitrogen and oxygen atoms in total. The lowest BCUT2D eigenvalue weighted by Gasteiger charge is -2.11. The van der Waals surface area contributed by atoms with Crippen LogP contribution in [0.15, 0.2) is 29.3 Å². The zero-order chi connectivity index (χ0) is 16.5. The molecule has 23 heavy (non-hydrogen) atoms. The summed E-state index contributed by atoms with van der Waals surface area (Å²) in [6.07, 6.45) is 3.58. The maximum Gasteiger partial charge on any atom is 0.251 e. The Hall–Kier alpha value is -2.04. The second-order valence-electron chi connectivity index (χ2n) is 5.98. The quantitative estimate of drug-likeness (QED) is 0.509. The second kappa shape index (κ2) is 9.18. The summed E-state index contributed by atoms with van der Waals surface area (Å²) in [5, 5.41) is 9.54. The number of hydrogen-bond acceptors (Lipinski definition) is 2. The number of hydrogen-bond donors (Lipinski definition) is 3. The number of guanidine groups is 1. The van der Waals surface area contributed by atoms with Crippen LogP contribution in [0.3, 0.4) is 0 Å². The van der Waals surface area contributed by atoms with Gasteiger partial charge in [0.05, 0.1) is 6.54 Å². The minimum absolute atomic E-state index is 0.0172. The van der Waals surface area contributed by atoms with E-state index in [1.165, 1.54) is 12.8 Å². The number of aliphatic imine (C=N–C) groups is 1. The number of carbonyl (C=O) groups is 1. The average molecular weight is 316 g/mol. The van der Waals surface area contributed by atoms with Crippen LogP contribution in [0.25, 0.3) is 0 Å². The van der Waals surface area contributed by atoms with Crippen molar-refractivity contribution in [1.82, 2.24) is 16.0 Å². The summed E-state index contributed by atoms with van der Waals surface area (Å²) < 4.78 is 0. The third-order valence-electron chi connectivity index (χ3n) is 3.74. The standard InChI is InChI=1S/C18H28N4O/c1-3-10-20-17(23)16-7-5-6-15(11-16)13-22-18(19-4-2)21-12-14-8-9-14/h5-7,11,14H,3-4,8-10,12-13H2,1-2H3,(H,20,23)(H2,19,21,22). The van der Waals surface area contributed by atoms with Crippen LogP contribution < -0.4 is 16.0 Å². The predicted molar refractivity (Wildman–Crippen MR) is 94.6 cm³/mol. The molecule has 0 radical (unpaired) electrons. The van der Waals surface area contributed by atoms with E-state index in [0.717, 1.165) is 37.0 Å². The van der Waals surface area contributed by atoms with Crippen LogP contribution in [0.5, 0.6) is 0 Å². The Bertz CT molecular complexity index is 538. The molecule has 1 amide bonds. The molecule has 1 aliphatic rings. The van der Waals surface area contributed by atoms with Gasteiger partial charge in [0, 0.05) is 25.2 Å². The van der Waals surface area contributed by atoms with Gasteiger partial charge in [0.25, 0.3) is 5.91 Å². The molecule has 0 aromatic heterocycles. The number of rotatable bonds is 8. The minimum atomic E-state index is -0.0172. The third-order valence-corrected chi connectivity index (χ3v) is 3.74. The molecule has 1 aliphatic carbocycles. The van der Waals surface area contributed by atoms with E-state index in [1.807, 2.05) is 31.2 Å². The zero-order valence-corrected chi connectivity index (χ0v) is 14.2. The summed E-state index contributed by atoms with van der Waals surface area (Å²) in [4.78, 5) is 16.6. The smallest absolute Gasteiger partial charge is 0.251 e. The third kappa shape index (κ3) is 6.30. The summed E-state index contributed by atoms with van der Waals surface area (Å²) in [6.45, 7) is 7.21. The molecule has 0 unspecified atom stereocenters. The number of amides is 1. The van der Waals surface area contributed by atoms with E-state index in [-0.39, 0.29) is 5.91 Å². The van der Waals surface area contributed by atoms with Gasteiger partial charge in [0.15, 0.2) is 5.96 Å². The maximum absolute atomic E-state index is 12.0. The molecule has 3 N–H and O–H groups in total. The predicted octanol–water partition coefficient (Wildman–Crippen LogP) is 2.29. The van der Waals surface area contributed by atoms with Crippen molar-refractivity contribution in [2.45, 2.75) is 39.7 Å². The Balaban J connectivity index is 1.93. The van der Waals surface area contributed by atoms with Gasteiger partial charge in [-0.3, -0.25) is 4.79 Å². The number of nitrogens with one attached hydrogen (secondary N) is 3. The SMILES string of the molecule is CCCNC(=O)c1cccc(CN=C(NCC)NCC2CC2)c1. The van der Waals surface area contributed by atoms with E-state index in [4.69, 9.17) is 0 Å². The molecule has 1 saturated carbocycles. The number of carbonyl (C=O) groups excluding carboxylic acids is 1. The van der Waals surface area contributed by atoms with Crippen LogP contribution >= 0.6 is 0 Å².